The Balaban J connectivity index is 1.68. The molecular formula is C13H20N2O2. The molecule has 1 saturated carbocycles. The molecule has 0 bridgehead atoms. The molecule has 0 aromatic carbocycles. The lowest BCUT2D eigenvalue weighted by Crippen LogP contribution is -2.15. The fourth-order valence-corrected chi connectivity index (χ4v) is 1.50. The molecule has 0 atom stereocenters. The van der Waals surface area contributed by atoms with E-state index in [1.54, 1.807) is 0 Å². The fourth-order valence-electron chi connectivity index (χ4n) is 1.50. The lowest BCUT2D eigenvalue weighted by atomic mass is 10.3. The molecule has 1 aromatic heterocycles. The van der Waals surface area contributed by atoms with Crippen molar-refractivity contribution in [3.63, 3.8) is 0 Å². The molecule has 4 heteroatoms. The van der Waals surface area contributed by atoms with Gasteiger partial charge in [0.25, 0.3) is 0 Å². The molecule has 0 spiro atoms. The summed E-state index contributed by atoms with van der Waals surface area (Å²) in [6, 6.07) is 4.70. The minimum Gasteiger partial charge on any atom is -0.475 e. The van der Waals surface area contributed by atoms with Gasteiger partial charge in [0, 0.05) is 31.5 Å². The second-order valence-electron chi connectivity index (χ2n) is 4.21. The number of hydrogen-bond donors (Lipinski definition) is 1. The molecule has 94 valence electrons. The Morgan fingerprint density at radius 2 is 2.24 bits per heavy atom. The average molecular weight is 236 g/mol. The maximum absolute atomic E-state index is 5.44. The molecule has 4 nitrogen and oxygen atoms in total. The topological polar surface area (TPSA) is 43.4 Å². The van der Waals surface area contributed by atoms with E-state index in [9.17, 15) is 0 Å². The number of rotatable bonds is 8. The largest absolute Gasteiger partial charge is 0.475 e. The van der Waals surface area contributed by atoms with Crippen molar-refractivity contribution in [1.29, 1.82) is 0 Å². The number of pyridine rings is 1. The van der Waals surface area contributed by atoms with Crippen LogP contribution in [-0.4, -0.2) is 30.8 Å². The smallest absolute Gasteiger partial charge is 0.213 e. The monoisotopic (exact) mass is 236 g/mol. The standard InChI is InChI=1S/C13H20N2O2/c1-2-16-7-8-17-13-6-3-11(10-15-13)9-14-12-4-5-12/h3,6,10,12,14H,2,4-5,7-9H2,1H3. The number of aromatic nitrogens is 1. The minimum absolute atomic E-state index is 0.556. The summed E-state index contributed by atoms with van der Waals surface area (Å²) in [5, 5.41) is 3.45. The summed E-state index contributed by atoms with van der Waals surface area (Å²) in [4.78, 5) is 4.26. The maximum Gasteiger partial charge on any atom is 0.213 e. The van der Waals surface area contributed by atoms with E-state index < -0.39 is 0 Å². The van der Waals surface area contributed by atoms with E-state index in [-0.39, 0.29) is 0 Å². The van der Waals surface area contributed by atoms with Crippen molar-refractivity contribution in [2.45, 2.75) is 32.4 Å². The summed E-state index contributed by atoms with van der Waals surface area (Å²) < 4.78 is 10.6. The van der Waals surface area contributed by atoms with Crippen LogP contribution in [0.2, 0.25) is 0 Å². The molecule has 1 heterocycles. The third-order valence-electron chi connectivity index (χ3n) is 2.65. The Morgan fingerprint density at radius 1 is 1.35 bits per heavy atom. The van der Waals surface area contributed by atoms with Crippen molar-refractivity contribution in [1.82, 2.24) is 10.3 Å². The molecule has 1 aliphatic carbocycles. The van der Waals surface area contributed by atoms with Crippen LogP contribution in [0.3, 0.4) is 0 Å². The zero-order valence-corrected chi connectivity index (χ0v) is 10.3. The lowest BCUT2D eigenvalue weighted by molar-refractivity contribution is 0.108. The fraction of sp³-hybridized carbons (Fsp3) is 0.615. The van der Waals surface area contributed by atoms with Crippen LogP contribution in [0.15, 0.2) is 18.3 Å². The summed E-state index contributed by atoms with van der Waals surface area (Å²) in [5.41, 5.74) is 1.20. The minimum atomic E-state index is 0.556. The molecule has 0 unspecified atom stereocenters. The Morgan fingerprint density at radius 3 is 2.88 bits per heavy atom. The van der Waals surface area contributed by atoms with E-state index in [0.29, 0.717) is 19.1 Å². The van der Waals surface area contributed by atoms with Crippen LogP contribution in [0.25, 0.3) is 0 Å². The summed E-state index contributed by atoms with van der Waals surface area (Å²) in [7, 11) is 0. The quantitative estimate of drug-likeness (QED) is 0.698. The second-order valence-corrected chi connectivity index (χ2v) is 4.21. The summed E-state index contributed by atoms with van der Waals surface area (Å²) in [6.45, 7) is 4.77. The zero-order chi connectivity index (χ0) is 11.9. The SMILES string of the molecule is CCOCCOc1ccc(CNC2CC2)cn1. The van der Waals surface area contributed by atoms with Crippen LogP contribution in [-0.2, 0) is 11.3 Å². The van der Waals surface area contributed by atoms with Crippen LogP contribution in [0.1, 0.15) is 25.3 Å². The first kappa shape index (κ1) is 12.3. The predicted octanol–water partition coefficient (Wildman–Crippen LogP) is 1.75. The van der Waals surface area contributed by atoms with Crippen LogP contribution >= 0.6 is 0 Å². The van der Waals surface area contributed by atoms with Gasteiger partial charge < -0.3 is 14.8 Å². The first-order chi connectivity index (χ1) is 8.38. The Labute approximate surface area is 102 Å². The van der Waals surface area contributed by atoms with E-state index in [1.165, 1.54) is 18.4 Å². The van der Waals surface area contributed by atoms with Gasteiger partial charge in [-0.05, 0) is 25.3 Å². The summed E-state index contributed by atoms with van der Waals surface area (Å²) in [5.74, 6) is 0.667. The van der Waals surface area contributed by atoms with Gasteiger partial charge in [-0.15, -0.1) is 0 Å². The summed E-state index contributed by atoms with van der Waals surface area (Å²) >= 11 is 0. The van der Waals surface area contributed by atoms with Gasteiger partial charge in [-0.3, -0.25) is 0 Å². The van der Waals surface area contributed by atoms with Gasteiger partial charge in [-0.25, -0.2) is 4.98 Å². The van der Waals surface area contributed by atoms with E-state index in [1.807, 2.05) is 19.2 Å². The number of nitrogens with one attached hydrogen (secondary N) is 1. The third-order valence-corrected chi connectivity index (χ3v) is 2.65. The van der Waals surface area contributed by atoms with Gasteiger partial charge in [-0.2, -0.15) is 0 Å². The molecule has 0 saturated heterocycles. The molecule has 2 rings (SSSR count). The Kier molecular flexibility index (Phi) is 4.76. The number of nitrogens with zero attached hydrogens (tertiary/aromatic N) is 1. The molecule has 17 heavy (non-hydrogen) atoms. The first-order valence-corrected chi connectivity index (χ1v) is 6.27. The number of hydrogen-bond acceptors (Lipinski definition) is 4. The van der Waals surface area contributed by atoms with Crippen LogP contribution < -0.4 is 10.1 Å². The van der Waals surface area contributed by atoms with Gasteiger partial charge in [0.15, 0.2) is 0 Å². The predicted molar refractivity (Wildman–Crippen MR) is 66.1 cm³/mol. The average Bonchev–Trinajstić information content (AvgIpc) is 3.18. The second kappa shape index (κ2) is 6.57. The Hall–Kier alpha value is -1.13. The highest BCUT2D eigenvalue weighted by Crippen LogP contribution is 2.19. The highest BCUT2D eigenvalue weighted by molar-refractivity contribution is 5.17. The van der Waals surface area contributed by atoms with Gasteiger partial charge in [0.05, 0.1) is 6.61 Å². The van der Waals surface area contributed by atoms with Crippen molar-refractivity contribution < 1.29 is 9.47 Å². The Bertz CT molecular complexity index is 323. The van der Waals surface area contributed by atoms with Crippen LogP contribution in [0, 0.1) is 0 Å². The molecule has 0 aliphatic heterocycles. The molecule has 1 aliphatic rings. The highest BCUT2D eigenvalue weighted by Gasteiger charge is 2.19. The summed E-state index contributed by atoms with van der Waals surface area (Å²) in [6.07, 6.45) is 4.49. The van der Waals surface area contributed by atoms with Gasteiger partial charge in [0.1, 0.15) is 6.61 Å². The van der Waals surface area contributed by atoms with Crippen molar-refractivity contribution in [3.05, 3.63) is 23.9 Å². The molecule has 1 N–H and O–H groups in total. The normalized spacial score (nSPS) is 14.9. The zero-order valence-electron chi connectivity index (χ0n) is 10.3. The molecule has 1 aromatic rings. The van der Waals surface area contributed by atoms with E-state index in [4.69, 9.17) is 9.47 Å². The van der Waals surface area contributed by atoms with Crippen LogP contribution in [0.5, 0.6) is 5.88 Å². The van der Waals surface area contributed by atoms with Gasteiger partial charge >= 0.3 is 0 Å². The van der Waals surface area contributed by atoms with Gasteiger partial charge in [-0.1, -0.05) is 6.07 Å². The van der Waals surface area contributed by atoms with Crippen molar-refractivity contribution in [2.24, 2.45) is 0 Å². The van der Waals surface area contributed by atoms with Crippen molar-refractivity contribution in [2.75, 3.05) is 19.8 Å². The lowest BCUT2D eigenvalue weighted by Gasteiger charge is -2.06. The number of ether oxygens (including phenoxy) is 2. The van der Waals surface area contributed by atoms with Crippen molar-refractivity contribution in [3.8, 4) is 5.88 Å². The van der Waals surface area contributed by atoms with Crippen LogP contribution in [0.4, 0.5) is 0 Å². The third kappa shape index (κ3) is 4.71. The molecule has 0 radical (unpaired) electrons. The highest BCUT2D eigenvalue weighted by atomic mass is 16.5. The van der Waals surface area contributed by atoms with Crippen molar-refractivity contribution >= 4 is 0 Å². The first-order valence-electron chi connectivity index (χ1n) is 6.27. The molecule has 1 fully saturated rings. The molecular weight excluding hydrogens is 216 g/mol. The van der Waals surface area contributed by atoms with Gasteiger partial charge in [0.2, 0.25) is 5.88 Å². The molecule has 0 amide bonds. The van der Waals surface area contributed by atoms with E-state index in [0.717, 1.165) is 19.2 Å². The van der Waals surface area contributed by atoms with E-state index >= 15 is 0 Å². The van der Waals surface area contributed by atoms with E-state index in [2.05, 4.69) is 16.4 Å². The maximum atomic E-state index is 5.44.